The molecular weight excluding hydrogens is 219 g/mol. The fourth-order valence-corrected chi connectivity index (χ4v) is 1.33. The monoisotopic (exact) mass is 237 g/mol. The fourth-order valence-electron chi connectivity index (χ4n) is 1.33. The topological polar surface area (TPSA) is 53.0 Å². The third-order valence-electron chi connectivity index (χ3n) is 2.28. The van der Waals surface area contributed by atoms with Crippen molar-refractivity contribution in [1.82, 2.24) is 4.90 Å². The lowest BCUT2D eigenvalue weighted by atomic mass is 9.99. The number of hydrogen-bond donors (Lipinski definition) is 1. The van der Waals surface area contributed by atoms with Crippen LogP contribution in [0, 0.1) is 11.3 Å². The van der Waals surface area contributed by atoms with Crippen LogP contribution < -0.4 is 5.73 Å². The lowest BCUT2D eigenvalue weighted by Gasteiger charge is -2.23. The van der Waals surface area contributed by atoms with Gasteiger partial charge in [0.05, 0.1) is 12.6 Å². The first-order valence-electron chi connectivity index (χ1n) is 5.19. The zero-order valence-corrected chi connectivity index (χ0v) is 9.64. The zero-order valence-electron chi connectivity index (χ0n) is 9.64. The first kappa shape index (κ1) is 15.2. The molecule has 0 aromatic heterocycles. The van der Waals surface area contributed by atoms with Crippen molar-refractivity contribution in [2.45, 2.75) is 38.4 Å². The van der Waals surface area contributed by atoms with Crippen LogP contribution in [0.5, 0.6) is 0 Å². The number of alkyl halides is 3. The first-order valence-corrected chi connectivity index (χ1v) is 5.19. The second-order valence-corrected chi connectivity index (χ2v) is 4.12. The van der Waals surface area contributed by atoms with Gasteiger partial charge in [0.25, 0.3) is 0 Å². The molecule has 0 aromatic carbocycles. The Balaban J connectivity index is 3.95. The quantitative estimate of drug-likeness (QED) is 0.767. The van der Waals surface area contributed by atoms with E-state index in [1.165, 1.54) is 4.90 Å². The predicted octanol–water partition coefficient (Wildman–Crippen LogP) is 1.89. The second-order valence-electron chi connectivity index (χ2n) is 4.12. The van der Waals surface area contributed by atoms with E-state index in [0.717, 1.165) is 0 Å². The molecule has 0 amide bonds. The van der Waals surface area contributed by atoms with Gasteiger partial charge in [-0.1, -0.05) is 6.92 Å². The molecule has 0 heterocycles. The number of nitrogens with two attached hydrogens (primary N) is 1. The van der Waals surface area contributed by atoms with E-state index in [0.29, 0.717) is 25.9 Å². The van der Waals surface area contributed by atoms with Gasteiger partial charge in [0.2, 0.25) is 0 Å². The summed E-state index contributed by atoms with van der Waals surface area (Å²) in [6.07, 6.45) is -3.28. The van der Waals surface area contributed by atoms with E-state index in [1.54, 1.807) is 13.8 Å². The molecule has 6 heteroatoms. The van der Waals surface area contributed by atoms with Crippen molar-refractivity contribution in [2.24, 2.45) is 5.73 Å². The Bertz CT molecular complexity index is 243. The Kier molecular flexibility index (Phi) is 5.76. The van der Waals surface area contributed by atoms with E-state index in [-0.39, 0.29) is 0 Å². The summed E-state index contributed by atoms with van der Waals surface area (Å²) in [6, 6.07) is 1.92. The summed E-state index contributed by atoms with van der Waals surface area (Å²) in [5.74, 6) is 0. The molecule has 1 unspecified atom stereocenters. The third kappa shape index (κ3) is 7.49. The van der Waals surface area contributed by atoms with Gasteiger partial charge in [-0.25, -0.2) is 0 Å². The molecule has 0 fully saturated rings. The van der Waals surface area contributed by atoms with Crippen molar-refractivity contribution in [3.05, 3.63) is 0 Å². The average molecular weight is 237 g/mol. The lowest BCUT2D eigenvalue weighted by Crippen LogP contribution is -2.38. The molecule has 0 aliphatic carbocycles. The van der Waals surface area contributed by atoms with E-state index in [4.69, 9.17) is 11.0 Å². The maximum atomic E-state index is 12.1. The molecule has 0 saturated heterocycles. The van der Waals surface area contributed by atoms with Crippen LogP contribution in [0.3, 0.4) is 0 Å². The standard InChI is InChI=1S/C10H18F3N3/c1-3-16(8-10(11,12)13)6-4-5-9(2,15)7-14/h3-6,8,15H2,1-2H3. The number of nitrogens with zero attached hydrogens (tertiary/aromatic N) is 2. The first-order chi connectivity index (χ1) is 7.20. The Labute approximate surface area is 94.0 Å². The highest BCUT2D eigenvalue weighted by molar-refractivity contribution is 5.00. The Morgan fingerprint density at radius 2 is 1.94 bits per heavy atom. The summed E-state index contributed by atoms with van der Waals surface area (Å²) in [5, 5.41) is 8.63. The minimum Gasteiger partial charge on any atom is -0.314 e. The predicted molar refractivity (Wildman–Crippen MR) is 55.6 cm³/mol. The summed E-state index contributed by atoms with van der Waals surface area (Å²) in [5.41, 5.74) is 4.62. The number of hydrogen-bond acceptors (Lipinski definition) is 3. The SMILES string of the molecule is CCN(CCCC(C)(N)C#N)CC(F)(F)F. The van der Waals surface area contributed by atoms with Gasteiger partial charge in [-0.15, -0.1) is 0 Å². The zero-order chi connectivity index (χ0) is 12.8. The largest absolute Gasteiger partial charge is 0.401 e. The Morgan fingerprint density at radius 1 is 1.38 bits per heavy atom. The summed E-state index contributed by atoms with van der Waals surface area (Å²) in [6.45, 7) is 3.00. The highest BCUT2D eigenvalue weighted by atomic mass is 19.4. The van der Waals surface area contributed by atoms with Gasteiger partial charge in [-0.05, 0) is 32.9 Å². The van der Waals surface area contributed by atoms with Gasteiger partial charge in [-0.3, -0.25) is 4.90 Å². The second kappa shape index (κ2) is 6.06. The minimum atomic E-state index is -4.17. The van der Waals surface area contributed by atoms with Crippen LogP contribution in [0.2, 0.25) is 0 Å². The highest BCUT2D eigenvalue weighted by Gasteiger charge is 2.30. The van der Waals surface area contributed by atoms with Crippen molar-refractivity contribution in [1.29, 1.82) is 5.26 Å². The molecule has 0 saturated carbocycles. The van der Waals surface area contributed by atoms with Crippen LogP contribution in [0.4, 0.5) is 13.2 Å². The van der Waals surface area contributed by atoms with Crippen LogP contribution in [0.1, 0.15) is 26.7 Å². The molecule has 0 spiro atoms. The van der Waals surface area contributed by atoms with Gasteiger partial charge in [-0.2, -0.15) is 18.4 Å². The molecule has 16 heavy (non-hydrogen) atoms. The van der Waals surface area contributed by atoms with Crippen LogP contribution >= 0.6 is 0 Å². The van der Waals surface area contributed by atoms with Gasteiger partial charge in [0.15, 0.2) is 0 Å². The van der Waals surface area contributed by atoms with Crippen LogP contribution in [-0.2, 0) is 0 Å². The summed E-state index contributed by atoms with van der Waals surface area (Å²) < 4.78 is 36.3. The number of nitriles is 1. The molecule has 0 rings (SSSR count). The molecule has 0 bridgehead atoms. The van der Waals surface area contributed by atoms with E-state index in [9.17, 15) is 13.2 Å². The van der Waals surface area contributed by atoms with Crippen LogP contribution in [0.15, 0.2) is 0 Å². The molecule has 0 aliphatic rings. The number of halogens is 3. The van der Waals surface area contributed by atoms with Crippen LogP contribution in [0.25, 0.3) is 0 Å². The minimum absolute atomic E-state index is 0.310. The normalized spacial score (nSPS) is 15.9. The van der Waals surface area contributed by atoms with Crippen molar-refractivity contribution in [2.75, 3.05) is 19.6 Å². The van der Waals surface area contributed by atoms with Crippen molar-refractivity contribution in [3.8, 4) is 6.07 Å². The van der Waals surface area contributed by atoms with Gasteiger partial charge in [0, 0.05) is 0 Å². The summed E-state index contributed by atoms with van der Waals surface area (Å²) in [4.78, 5) is 1.30. The molecular formula is C10H18F3N3. The Morgan fingerprint density at radius 3 is 2.31 bits per heavy atom. The molecule has 2 N–H and O–H groups in total. The third-order valence-corrected chi connectivity index (χ3v) is 2.28. The maximum absolute atomic E-state index is 12.1. The molecule has 94 valence electrons. The molecule has 0 radical (unpaired) electrons. The van der Waals surface area contributed by atoms with E-state index in [1.807, 2.05) is 6.07 Å². The molecule has 0 aliphatic heterocycles. The van der Waals surface area contributed by atoms with Gasteiger partial charge >= 0.3 is 6.18 Å². The number of rotatable bonds is 6. The smallest absolute Gasteiger partial charge is 0.314 e. The van der Waals surface area contributed by atoms with Crippen molar-refractivity contribution in [3.63, 3.8) is 0 Å². The van der Waals surface area contributed by atoms with E-state index in [2.05, 4.69) is 0 Å². The highest BCUT2D eigenvalue weighted by Crippen LogP contribution is 2.17. The van der Waals surface area contributed by atoms with Gasteiger partial charge in [0.1, 0.15) is 5.54 Å². The van der Waals surface area contributed by atoms with Crippen LogP contribution in [-0.4, -0.2) is 36.2 Å². The lowest BCUT2D eigenvalue weighted by molar-refractivity contribution is -0.145. The summed E-state index contributed by atoms with van der Waals surface area (Å²) in [7, 11) is 0. The van der Waals surface area contributed by atoms with E-state index < -0.39 is 18.3 Å². The molecule has 0 aromatic rings. The fraction of sp³-hybridized carbons (Fsp3) is 0.900. The van der Waals surface area contributed by atoms with E-state index >= 15 is 0 Å². The van der Waals surface area contributed by atoms with Crippen molar-refractivity contribution >= 4 is 0 Å². The van der Waals surface area contributed by atoms with Crippen molar-refractivity contribution < 1.29 is 13.2 Å². The summed E-state index contributed by atoms with van der Waals surface area (Å²) >= 11 is 0. The Hall–Kier alpha value is -0.800. The molecule has 3 nitrogen and oxygen atoms in total. The maximum Gasteiger partial charge on any atom is 0.401 e. The molecule has 1 atom stereocenters. The van der Waals surface area contributed by atoms with Gasteiger partial charge < -0.3 is 5.73 Å². The average Bonchev–Trinajstić information content (AvgIpc) is 2.14.